The summed E-state index contributed by atoms with van der Waals surface area (Å²) in [4.78, 5) is 70.6. The smallest absolute Gasteiger partial charge is 0.410 e. The lowest BCUT2D eigenvalue weighted by molar-refractivity contribution is -0.143. The van der Waals surface area contributed by atoms with Crippen LogP contribution in [0.25, 0.3) is 0 Å². The highest BCUT2D eigenvalue weighted by molar-refractivity contribution is 5.94. The van der Waals surface area contributed by atoms with Crippen LogP contribution in [0.15, 0.2) is 60.7 Å². The number of nitrogens with one attached hydrogen (secondary N) is 2. The van der Waals surface area contributed by atoms with Crippen LogP contribution >= 0.6 is 0 Å². The van der Waals surface area contributed by atoms with Crippen LogP contribution < -0.4 is 10.6 Å². The third-order valence-electron chi connectivity index (χ3n) is 9.65. The molecule has 3 aliphatic rings. The van der Waals surface area contributed by atoms with E-state index in [2.05, 4.69) is 10.6 Å². The summed E-state index contributed by atoms with van der Waals surface area (Å²) in [5.74, 6) is -0.757. The number of ether oxygens (including phenoxy) is 3. The lowest BCUT2D eigenvalue weighted by Gasteiger charge is -2.39. The molecule has 0 aromatic heterocycles. The first kappa shape index (κ1) is 36.8. The van der Waals surface area contributed by atoms with E-state index < -0.39 is 6.09 Å². The summed E-state index contributed by atoms with van der Waals surface area (Å²) < 4.78 is 16.8. The molecular weight excluding hydrogens is 642 g/mol. The van der Waals surface area contributed by atoms with Crippen molar-refractivity contribution in [2.75, 3.05) is 72.2 Å². The zero-order valence-electron chi connectivity index (χ0n) is 28.6. The Morgan fingerprint density at radius 2 is 1.42 bits per heavy atom. The Hall–Kier alpha value is -4.49. The van der Waals surface area contributed by atoms with Gasteiger partial charge in [0, 0.05) is 57.3 Å². The van der Waals surface area contributed by atoms with Crippen molar-refractivity contribution < 1.29 is 38.2 Å². The van der Waals surface area contributed by atoms with Gasteiger partial charge in [-0.2, -0.15) is 0 Å². The van der Waals surface area contributed by atoms with Crippen molar-refractivity contribution in [1.82, 2.24) is 25.3 Å². The van der Waals surface area contributed by atoms with Crippen LogP contribution in [-0.2, 0) is 35.2 Å². The fraction of sp³-hybridized carbons (Fsp3) is 0.541. The molecule has 3 heterocycles. The van der Waals surface area contributed by atoms with Gasteiger partial charge < -0.3 is 39.5 Å². The Kier molecular flexibility index (Phi) is 14.0. The SMILES string of the molecule is O=C1C[C@@H]2CCN(C(=O)OCc3ccccc3)C[C@@H]2CCNC(=O)CN(C2CCN(C(=O)c3ccccc3)CC2)C(=O)COCCOCCN1. The molecule has 3 saturated heterocycles. The van der Waals surface area contributed by atoms with Gasteiger partial charge >= 0.3 is 6.09 Å². The molecule has 0 saturated carbocycles. The summed E-state index contributed by atoms with van der Waals surface area (Å²) in [5.41, 5.74) is 1.52. The van der Waals surface area contributed by atoms with E-state index in [4.69, 9.17) is 14.2 Å². The van der Waals surface area contributed by atoms with E-state index in [1.807, 2.05) is 48.5 Å². The number of amides is 5. The molecule has 0 unspecified atom stereocenters. The van der Waals surface area contributed by atoms with E-state index in [-0.39, 0.29) is 74.5 Å². The summed E-state index contributed by atoms with van der Waals surface area (Å²) in [7, 11) is 0. The molecule has 0 aliphatic carbocycles. The number of carbonyl (C=O) groups excluding carboxylic acids is 5. The highest BCUT2D eigenvalue weighted by atomic mass is 16.6. The molecule has 5 rings (SSSR count). The van der Waals surface area contributed by atoms with E-state index >= 15 is 0 Å². The maximum atomic E-state index is 13.4. The number of fused-ring (bicyclic) bond motifs is 1. The Balaban J connectivity index is 1.20. The number of rotatable bonds is 4. The van der Waals surface area contributed by atoms with E-state index in [1.165, 1.54) is 0 Å². The van der Waals surface area contributed by atoms with Gasteiger partial charge in [-0.25, -0.2) is 4.79 Å². The molecule has 50 heavy (non-hydrogen) atoms. The van der Waals surface area contributed by atoms with Crippen LogP contribution in [0.3, 0.4) is 0 Å². The van der Waals surface area contributed by atoms with Crippen LogP contribution in [0.1, 0.15) is 48.0 Å². The van der Waals surface area contributed by atoms with Gasteiger partial charge in [0.05, 0.1) is 26.4 Å². The Morgan fingerprint density at radius 1 is 0.740 bits per heavy atom. The number of likely N-dealkylation sites (tertiary alicyclic amines) is 2. The number of piperidine rings is 2. The highest BCUT2D eigenvalue weighted by Crippen LogP contribution is 2.29. The number of nitrogens with zero attached hydrogens (tertiary/aromatic N) is 3. The van der Waals surface area contributed by atoms with E-state index in [0.29, 0.717) is 83.5 Å². The van der Waals surface area contributed by atoms with Gasteiger partial charge in [-0.05, 0) is 55.2 Å². The maximum Gasteiger partial charge on any atom is 0.410 e. The summed E-state index contributed by atoms with van der Waals surface area (Å²) in [6.07, 6.45) is 2.17. The van der Waals surface area contributed by atoms with E-state index in [9.17, 15) is 24.0 Å². The molecular formula is C37H49N5O8. The van der Waals surface area contributed by atoms with Crippen LogP contribution in [-0.4, -0.2) is 123 Å². The number of benzene rings is 2. The molecule has 13 nitrogen and oxygen atoms in total. The highest BCUT2D eigenvalue weighted by Gasteiger charge is 2.34. The molecule has 2 aromatic carbocycles. The second-order valence-corrected chi connectivity index (χ2v) is 13.1. The lowest BCUT2D eigenvalue weighted by atomic mass is 9.81. The standard InChI is InChI=1S/C37H49N5O8/c43-33-23-30-12-17-41(37(47)50-26-28-7-3-1-4-8-28)24-31(30)11-15-38-34(44)25-42(35(45)27-49-22-21-48-20-16-39-33)32-13-18-40(19-14-32)36(46)29-9-5-2-6-10-29/h1-10,30-32H,11-27H2,(H,38,44)(H,39,43)/t30-,31-/m0/s1. The van der Waals surface area contributed by atoms with Gasteiger partial charge in [-0.15, -0.1) is 0 Å². The average Bonchev–Trinajstić information content (AvgIpc) is 3.14. The minimum Gasteiger partial charge on any atom is -0.445 e. The molecule has 0 spiro atoms. The van der Waals surface area contributed by atoms with E-state index in [0.717, 1.165) is 5.56 Å². The molecule has 0 bridgehead atoms. The molecule has 2 atom stereocenters. The number of carbonyl (C=O) groups is 5. The predicted molar refractivity (Wildman–Crippen MR) is 184 cm³/mol. The van der Waals surface area contributed by atoms with Gasteiger partial charge in [0.2, 0.25) is 17.7 Å². The van der Waals surface area contributed by atoms with Gasteiger partial charge in [-0.1, -0.05) is 48.5 Å². The molecule has 2 N–H and O–H groups in total. The second-order valence-electron chi connectivity index (χ2n) is 13.1. The van der Waals surface area contributed by atoms with Crippen molar-refractivity contribution in [3.63, 3.8) is 0 Å². The van der Waals surface area contributed by atoms with Crippen molar-refractivity contribution in [3.8, 4) is 0 Å². The lowest BCUT2D eigenvalue weighted by Crippen LogP contribution is -2.52. The normalized spacial score (nSPS) is 22.6. The fourth-order valence-electron chi connectivity index (χ4n) is 6.86. The fourth-order valence-corrected chi connectivity index (χ4v) is 6.86. The van der Waals surface area contributed by atoms with Crippen molar-refractivity contribution in [3.05, 3.63) is 71.8 Å². The molecule has 13 heteroatoms. The largest absolute Gasteiger partial charge is 0.445 e. The third-order valence-corrected chi connectivity index (χ3v) is 9.65. The van der Waals surface area contributed by atoms with Crippen molar-refractivity contribution in [2.45, 2.75) is 44.8 Å². The van der Waals surface area contributed by atoms with Crippen molar-refractivity contribution in [1.29, 1.82) is 0 Å². The van der Waals surface area contributed by atoms with Crippen LogP contribution in [0.2, 0.25) is 0 Å². The van der Waals surface area contributed by atoms with Gasteiger partial charge in [-0.3, -0.25) is 19.2 Å². The first-order chi connectivity index (χ1) is 24.4. The Bertz CT molecular complexity index is 1420. The van der Waals surface area contributed by atoms with Crippen LogP contribution in [0, 0.1) is 11.8 Å². The first-order valence-electron chi connectivity index (χ1n) is 17.7. The molecule has 0 radical (unpaired) electrons. The minimum atomic E-state index is -0.402. The van der Waals surface area contributed by atoms with E-state index in [1.54, 1.807) is 26.8 Å². The predicted octanol–water partition coefficient (Wildman–Crippen LogP) is 2.45. The minimum absolute atomic E-state index is 0.0170. The van der Waals surface area contributed by atoms with Crippen molar-refractivity contribution in [2.24, 2.45) is 11.8 Å². The van der Waals surface area contributed by atoms with Crippen LogP contribution in [0.4, 0.5) is 4.79 Å². The van der Waals surface area contributed by atoms with Gasteiger partial charge in [0.25, 0.3) is 5.91 Å². The maximum absolute atomic E-state index is 13.4. The third kappa shape index (κ3) is 11.0. The van der Waals surface area contributed by atoms with Gasteiger partial charge in [0.1, 0.15) is 13.2 Å². The molecule has 3 aliphatic heterocycles. The zero-order valence-corrected chi connectivity index (χ0v) is 28.6. The molecule has 3 fully saturated rings. The van der Waals surface area contributed by atoms with Crippen molar-refractivity contribution >= 4 is 29.7 Å². The second kappa shape index (κ2) is 19.0. The summed E-state index contributed by atoms with van der Waals surface area (Å²) in [6.45, 7) is 3.10. The monoisotopic (exact) mass is 691 g/mol. The van der Waals surface area contributed by atoms with Crippen LogP contribution in [0.5, 0.6) is 0 Å². The number of hydrogen-bond donors (Lipinski definition) is 2. The molecule has 270 valence electrons. The molecule has 5 amide bonds. The van der Waals surface area contributed by atoms with Gasteiger partial charge in [0.15, 0.2) is 0 Å². The Morgan fingerprint density at radius 3 is 2.18 bits per heavy atom. The topological polar surface area (TPSA) is 147 Å². The number of hydrogen-bond acceptors (Lipinski definition) is 8. The Labute approximate surface area is 293 Å². The molecule has 2 aromatic rings. The summed E-state index contributed by atoms with van der Waals surface area (Å²) in [6, 6.07) is 18.4. The average molecular weight is 692 g/mol. The quantitative estimate of drug-likeness (QED) is 0.498. The summed E-state index contributed by atoms with van der Waals surface area (Å²) in [5, 5.41) is 5.89. The first-order valence-corrected chi connectivity index (χ1v) is 17.7. The zero-order chi connectivity index (χ0) is 35.1. The summed E-state index contributed by atoms with van der Waals surface area (Å²) >= 11 is 0.